The number of hydrogen-bond acceptors (Lipinski definition) is 10. The Balaban J connectivity index is 1.88. The van der Waals surface area contributed by atoms with Crippen LogP contribution in [-0.4, -0.2) is 48.6 Å². The van der Waals surface area contributed by atoms with Crippen LogP contribution in [0.3, 0.4) is 0 Å². The second kappa shape index (κ2) is 10.5. The molecule has 2 heterocycles. The topological polar surface area (TPSA) is 155 Å². The van der Waals surface area contributed by atoms with Crippen molar-refractivity contribution in [1.29, 1.82) is 0 Å². The number of furan rings is 1. The van der Waals surface area contributed by atoms with Gasteiger partial charge in [0.25, 0.3) is 0 Å². The van der Waals surface area contributed by atoms with Gasteiger partial charge in [-0.25, -0.2) is 15.2 Å². The van der Waals surface area contributed by atoms with E-state index in [9.17, 15) is 14.2 Å². The second-order valence-electron chi connectivity index (χ2n) is 7.16. The predicted molar refractivity (Wildman–Crippen MR) is 125 cm³/mol. The van der Waals surface area contributed by atoms with E-state index < -0.39 is 37.8 Å². The van der Waals surface area contributed by atoms with Crippen molar-refractivity contribution in [2.75, 3.05) is 25.3 Å². The number of carbonyl (C=O) groups is 2. The molecule has 2 aromatic heterocycles. The summed E-state index contributed by atoms with van der Waals surface area (Å²) < 4.78 is 35.9. The summed E-state index contributed by atoms with van der Waals surface area (Å²) in [6.45, 7) is 6.70. The Morgan fingerprint density at radius 1 is 1.18 bits per heavy atom. The van der Waals surface area contributed by atoms with Crippen molar-refractivity contribution >= 4 is 57.0 Å². The zero-order chi connectivity index (χ0) is 24.2. The van der Waals surface area contributed by atoms with E-state index >= 15 is 0 Å². The van der Waals surface area contributed by atoms with Crippen molar-refractivity contribution in [3.8, 4) is 5.75 Å². The number of nitrogens with two attached hydrogens (primary N) is 1. The standard InChI is InChI=1S/C20H27N4O7PS/c1-5-28-18(25)11(3)23-32(27,24-12(4)19(26)29-6-2)10-31-15-9-14-13(7-8-30-14)17-16(15)22-20(21)33-17/h7-9,11-12H,5-6,10H2,1-4H3,(H2,21,22)(H2,23,24,27). The lowest BCUT2D eigenvalue weighted by Crippen LogP contribution is -2.43. The van der Waals surface area contributed by atoms with Gasteiger partial charge < -0.3 is 24.4 Å². The Morgan fingerprint density at radius 3 is 2.36 bits per heavy atom. The van der Waals surface area contributed by atoms with Gasteiger partial charge in [-0.15, -0.1) is 0 Å². The summed E-state index contributed by atoms with van der Waals surface area (Å²) in [7, 11) is -3.68. The average molecular weight is 498 g/mol. The molecule has 0 spiro atoms. The molecule has 0 aliphatic carbocycles. The minimum Gasteiger partial charge on any atom is -0.481 e. The first kappa shape index (κ1) is 25.0. The number of esters is 2. The molecule has 0 aliphatic heterocycles. The SMILES string of the molecule is CCOC(=O)C(C)NP(=O)(COc1cc2occc2c2sc(N)nc12)NC(C)C(=O)OCC. The number of aromatic nitrogens is 1. The van der Waals surface area contributed by atoms with Gasteiger partial charge in [0.05, 0.1) is 24.2 Å². The van der Waals surface area contributed by atoms with Crippen LogP contribution in [-0.2, 0) is 23.6 Å². The van der Waals surface area contributed by atoms with Crippen LogP contribution in [0.25, 0.3) is 21.2 Å². The maximum Gasteiger partial charge on any atom is 0.323 e. The number of nitrogens with zero attached hydrogens (tertiary/aromatic N) is 1. The quantitative estimate of drug-likeness (QED) is 0.263. The summed E-state index contributed by atoms with van der Waals surface area (Å²) in [4.78, 5) is 28.5. The minimum absolute atomic E-state index is 0.171. The Bertz CT molecular complexity index is 1160. The molecule has 0 saturated carbocycles. The van der Waals surface area contributed by atoms with Crippen molar-refractivity contribution in [3.63, 3.8) is 0 Å². The first-order valence-electron chi connectivity index (χ1n) is 10.3. The molecule has 2 unspecified atom stereocenters. The van der Waals surface area contributed by atoms with E-state index in [0.717, 1.165) is 10.1 Å². The maximum atomic E-state index is 13.8. The molecule has 3 aromatic rings. The molecule has 3 rings (SSSR count). The number of benzene rings is 1. The molecule has 13 heteroatoms. The molecule has 0 bridgehead atoms. The van der Waals surface area contributed by atoms with Gasteiger partial charge in [-0.05, 0) is 33.8 Å². The van der Waals surface area contributed by atoms with E-state index in [0.29, 0.717) is 22.0 Å². The van der Waals surface area contributed by atoms with Gasteiger partial charge in [-0.2, -0.15) is 0 Å². The average Bonchev–Trinajstić information content (AvgIpc) is 3.38. The highest BCUT2D eigenvalue weighted by molar-refractivity contribution is 7.59. The molecule has 1 aromatic carbocycles. The second-order valence-corrected chi connectivity index (χ2v) is 10.4. The molecule has 4 N–H and O–H groups in total. The van der Waals surface area contributed by atoms with Crippen LogP contribution in [0.1, 0.15) is 27.7 Å². The van der Waals surface area contributed by atoms with E-state index in [1.807, 2.05) is 0 Å². The molecule has 180 valence electrons. The highest BCUT2D eigenvalue weighted by Gasteiger charge is 2.33. The van der Waals surface area contributed by atoms with Crippen molar-refractivity contribution < 1.29 is 32.8 Å². The molecular weight excluding hydrogens is 471 g/mol. The highest BCUT2D eigenvalue weighted by Crippen LogP contribution is 2.42. The number of anilines is 1. The molecule has 0 radical (unpaired) electrons. The summed E-state index contributed by atoms with van der Waals surface area (Å²) >= 11 is 1.28. The zero-order valence-electron chi connectivity index (χ0n) is 18.7. The van der Waals surface area contributed by atoms with Gasteiger partial charge in [0, 0.05) is 11.5 Å². The van der Waals surface area contributed by atoms with Gasteiger partial charge in [-0.1, -0.05) is 11.3 Å². The molecular formula is C20H27N4O7PS. The molecule has 33 heavy (non-hydrogen) atoms. The predicted octanol–water partition coefficient (Wildman–Crippen LogP) is 3.24. The van der Waals surface area contributed by atoms with E-state index in [4.69, 9.17) is 24.4 Å². The van der Waals surface area contributed by atoms with Crippen LogP contribution >= 0.6 is 18.8 Å². The molecule has 0 amide bonds. The number of hydrogen-bond donors (Lipinski definition) is 3. The minimum atomic E-state index is -3.68. The number of fused-ring (bicyclic) bond motifs is 3. The maximum absolute atomic E-state index is 13.8. The van der Waals surface area contributed by atoms with E-state index in [1.54, 1.807) is 32.2 Å². The van der Waals surface area contributed by atoms with Crippen molar-refractivity contribution in [2.24, 2.45) is 0 Å². The molecule has 0 aliphatic rings. The first-order chi connectivity index (χ1) is 15.7. The highest BCUT2D eigenvalue weighted by atomic mass is 32.1. The van der Waals surface area contributed by atoms with Crippen LogP contribution in [0.5, 0.6) is 5.75 Å². The molecule has 0 saturated heterocycles. The van der Waals surface area contributed by atoms with Crippen LogP contribution < -0.4 is 20.6 Å². The van der Waals surface area contributed by atoms with Crippen molar-refractivity contribution in [1.82, 2.24) is 15.2 Å². The first-order valence-corrected chi connectivity index (χ1v) is 13.0. The van der Waals surface area contributed by atoms with Gasteiger partial charge in [0.15, 0.2) is 17.2 Å². The van der Waals surface area contributed by atoms with Crippen LogP contribution in [0.15, 0.2) is 22.8 Å². The summed E-state index contributed by atoms with van der Waals surface area (Å²) in [6.07, 6.45) is 1.14. The van der Waals surface area contributed by atoms with Gasteiger partial charge in [0.1, 0.15) is 23.2 Å². The van der Waals surface area contributed by atoms with Crippen LogP contribution in [0, 0.1) is 0 Å². The summed E-state index contributed by atoms with van der Waals surface area (Å²) in [5.74, 6) is -0.873. The number of carbonyl (C=O) groups excluding carboxylic acids is 2. The van der Waals surface area contributed by atoms with Crippen molar-refractivity contribution in [3.05, 3.63) is 18.4 Å². The summed E-state index contributed by atoms with van der Waals surface area (Å²) in [5, 5.41) is 6.64. The van der Waals surface area contributed by atoms with Gasteiger partial charge >= 0.3 is 11.9 Å². The van der Waals surface area contributed by atoms with Gasteiger partial charge in [0.2, 0.25) is 7.44 Å². The zero-order valence-corrected chi connectivity index (χ0v) is 20.5. The fourth-order valence-electron chi connectivity index (χ4n) is 3.14. The lowest BCUT2D eigenvalue weighted by atomic mass is 10.2. The molecule has 11 nitrogen and oxygen atoms in total. The van der Waals surface area contributed by atoms with Crippen molar-refractivity contribution in [2.45, 2.75) is 39.8 Å². The Labute approximate surface area is 194 Å². The normalized spacial score (nSPS) is 15.2. The lowest BCUT2D eigenvalue weighted by Gasteiger charge is -2.26. The Morgan fingerprint density at radius 2 is 1.79 bits per heavy atom. The van der Waals surface area contributed by atoms with Gasteiger partial charge in [-0.3, -0.25) is 14.2 Å². The molecule has 0 fully saturated rings. The third-order valence-electron chi connectivity index (χ3n) is 4.57. The fraction of sp³-hybridized carbons (Fsp3) is 0.450. The molecule has 2 atom stereocenters. The third kappa shape index (κ3) is 5.83. The monoisotopic (exact) mass is 498 g/mol. The lowest BCUT2D eigenvalue weighted by molar-refractivity contribution is -0.145. The largest absolute Gasteiger partial charge is 0.481 e. The van der Waals surface area contributed by atoms with Crippen LogP contribution in [0.2, 0.25) is 0 Å². The third-order valence-corrected chi connectivity index (χ3v) is 7.58. The number of rotatable bonds is 11. The van der Waals surface area contributed by atoms with Crippen LogP contribution in [0.4, 0.5) is 5.13 Å². The summed E-state index contributed by atoms with van der Waals surface area (Å²) in [6, 6.07) is 1.58. The van der Waals surface area contributed by atoms with E-state index in [2.05, 4.69) is 15.2 Å². The summed E-state index contributed by atoms with van der Waals surface area (Å²) in [5.41, 5.74) is 6.94. The number of thiazole rings is 1. The smallest absolute Gasteiger partial charge is 0.323 e. The fourth-order valence-corrected chi connectivity index (χ4v) is 6.02. The number of nitrogen functional groups attached to an aromatic ring is 1. The Kier molecular flexibility index (Phi) is 7.96. The number of ether oxygens (including phenoxy) is 3. The number of nitrogens with one attached hydrogen (secondary N) is 2. The van der Waals surface area contributed by atoms with E-state index in [1.165, 1.54) is 25.2 Å². The van der Waals surface area contributed by atoms with E-state index in [-0.39, 0.29) is 13.2 Å². The Hall–Kier alpha value is -2.66.